The van der Waals surface area contributed by atoms with Crippen LogP contribution in [0.1, 0.15) is 16.1 Å². The van der Waals surface area contributed by atoms with Crippen LogP contribution in [-0.4, -0.2) is 31.1 Å². The first-order valence-electron chi connectivity index (χ1n) is 9.75. The molecular weight excluding hydrogens is 388 g/mol. The molecule has 4 aromatic heterocycles. The number of hydrogen-bond acceptors (Lipinski definition) is 5. The summed E-state index contributed by atoms with van der Waals surface area (Å²) in [6, 6.07) is 13.3. The second kappa shape index (κ2) is 7.79. The Bertz CT molecular complexity index is 1380. The molecule has 31 heavy (non-hydrogen) atoms. The summed E-state index contributed by atoms with van der Waals surface area (Å²) in [7, 11) is 0. The Morgan fingerprint density at radius 3 is 2.26 bits per heavy atom. The van der Waals surface area contributed by atoms with Crippen molar-refractivity contribution in [2.24, 2.45) is 0 Å². The minimum Gasteiger partial charge on any atom is -0.320 e. The Balaban J connectivity index is 1.55. The topological polar surface area (TPSA) is 96.5 Å². The highest BCUT2D eigenvalue weighted by atomic mass is 16.1. The van der Waals surface area contributed by atoms with E-state index >= 15 is 0 Å². The number of nitrogens with one attached hydrogen (secondary N) is 2. The second-order valence-electron chi connectivity index (χ2n) is 7.12. The Kier molecular flexibility index (Phi) is 4.68. The number of carbonyl (C=O) groups is 1. The van der Waals surface area contributed by atoms with Crippen LogP contribution in [-0.2, 0) is 0 Å². The lowest BCUT2D eigenvalue weighted by Gasteiger charge is -2.11. The average molecular weight is 406 g/mol. The van der Waals surface area contributed by atoms with Gasteiger partial charge in [-0.2, -0.15) is 5.10 Å². The van der Waals surface area contributed by atoms with Crippen molar-refractivity contribution in [3.63, 3.8) is 0 Å². The van der Waals surface area contributed by atoms with Crippen molar-refractivity contribution >= 4 is 22.5 Å². The summed E-state index contributed by atoms with van der Waals surface area (Å²) in [4.78, 5) is 25.3. The van der Waals surface area contributed by atoms with E-state index in [9.17, 15) is 4.79 Å². The molecule has 1 aromatic carbocycles. The highest BCUT2D eigenvalue weighted by Crippen LogP contribution is 2.32. The number of anilines is 1. The maximum atomic E-state index is 12.8. The van der Waals surface area contributed by atoms with Crippen molar-refractivity contribution in [2.75, 3.05) is 5.32 Å². The van der Waals surface area contributed by atoms with Crippen LogP contribution in [0.4, 0.5) is 5.69 Å². The van der Waals surface area contributed by atoms with Gasteiger partial charge >= 0.3 is 0 Å². The lowest BCUT2D eigenvalue weighted by Crippen LogP contribution is -2.12. The van der Waals surface area contributed by atoms with Crippen LogP contribution in [0.5, 0.6) is 0 Å². The molecule has 0 saturated carbocycles. The van der Waals surface area contributed by atoms with E-state index < -0.39 is 0 Å². The van der Waals surface area contributed by atoms with Gasteiger partial charge in [0.2, 0.25) is 0 Å². The summed E-state index contributed by atoms with van der Waals surface area (Å²) in [6.45, 7) is 2.07. The first kappa shape index (κ1) is 18.6. The quantitative estimate of drug-likeness (QED) is 0.453. The van der Waals surface area contributed by atoms with Crippen molar-refractivity contribution in [3.8, 4) is 22.3 Å². The molecule has 0 aliphatic heterocycles. The monoisotopic (exact) mass is 406 g/mol. The molecule has 4 heterocycles. The molecule has 1 amide bonds. The zero-order valence-corrected chi connectivity index (χ0v) is 16.7. The molecule has 0 aliphatic rings. The third kappa shape index (κ3) is 3.53. The number of nitrogens with zero attached hydrogens (tertiary/aromatic N) is 4. The molecule has 0 unspecified atom stereocenters. The maximum absolute atomic E-state index is 12.8. The molecule has 2 N–H and O–H groups in total. The van der Waals surface area contributed by atoms with E-state index in [-0.39, 0.29) is 5.91 Å². The molecule has 0 spiro atoms. The lowest BCUT2D eigenvalue weighted by molar-refractivity contribution is 0.102. The molecule has 7 nitrogen and oxygen atoms in total. The van der Waals surface area contributed by atoms with Crippen LogP contribution < -0.4 is 5.32 Å². The van der Waals surface area contributed by atoms with Crippen LogP contribution in [0.15, 0.2) is 79.6 Å². The van der Waals surface area contributed by atoms with E-state index in [1.165, 1.54) is 0 Å². The molecule has 0 atom stereocenters. The SMILES string of the molecule is Cc1c(-c2ccncc2)cncc1-c1ccc2[nH]nc(C(=O)Nc3ccncc3)c2c1. The number of benzene rings is 1. The number of carbonyl (C=O) groups excluding carboxylic acids is 1. The zero-order valence-electron chi connectivity index (χ0n) is 16.7. The zero-order chi connectivity index (χ0) is 21.2. The van der Waals surface area contributed by atoms with E-state index in [0.29, 0.717) is 11.4 Å². The maximum Gasteiger partial charge on any atom is 0.276 e. The summed E-state index contributed by atoms with van der Waals surface area (Å²) >= 11 is 0. The largest absolute Gasteiger partial charge is 0.320 e. The van der Waals surface area contributed by atoms with Crippen molar-refractivity contribution in [2.45, 2.75) is 6.92 Å². The molecule has 5 aromatic rings. The van der Waals surface area contributed by atoms with E-state index in [4.69, 9.17) is 0 Å². The third-order valence-corrected chi connectivity index (χ3v) is 5.23. The Morgan fingerprint density at radius 1 is 0.839 bits per heavy atom. The second-order valence-corrected chi connectivity index (χ2v) is 7.12. The summed E-state index contributed by atoms with van der Waals surface area (Å²) in [5.41, 5.74) is 6.96. The molecule has 0 bridgehead atoms. The molecule has 0 aliphatic carbocycles. The van der Waals surface area contributed by atoms with E-state index in [1.54, 1.807) is 36.9 Å². The van der Waals surface area contributed by atoms with Gasteiger partial charge in [-0.1, -0.05) is 6.07 Å². The fourth-order valence-corrected chi connectivity index (χ4v) is 3.62. The predicted molar refractivity (Wildman–Crippen MR) is 119 cm³/mol. The van der Waals surface area contributed by atoms with Crippen LogP contribution >= 0.6 is 0 Å². The van der Waals surface area contributed by atoms with E-state index in [1.807, 2.05) is 42.7 Å². The van der Waals surface area contributed by atoms with Crippen LogP contribution in [0, 0.1) is 6.92 Å². The number of amides is 1. The average Bonchev–Trinajstić information content (AvgIpc) is 3.24. The first-order chi connectivity index (χ1) is 15.2. The number of rotatable bonds is 4. The predicted octanol–water partition coefficient (Wildman–Crippen LogP) is 4.64. The van der Waals surface area contributed by atoms with Gasteiger partial charge in [-0.3, -0.25) is 24.8 Å². The minimum atomic E-state index is -0.282. The summed E-state index contributed by atoms with van der Waals surface area (Å²) in [5, 5.41) is 10.8. The van der Waals surface area contributed by atoms with E-state index in [2.05, 4.69) is 37.4 Å². The highest BCUT2D eigenvalue weighted by molar-refractivity contribution is 6.11. The van der Waals surface area contributed by atoms with Crippen molar-refractivity contribution in [1.82, 2.24) is 25.1 Å². The third-order valence-electron chi connectivity index (χ3n) is 5.23. The van der Waals surface area contributed by atoms with Crippen LogP contribution in [0.3, 0.4) is 0 Å². The van der Waals surface area contributed by atoms with Crippen LogP contribution in [0.2, 0.25) is 0 Å². The van der Waals surface area contributed by atoms with Gasteiger partial charge in [-0.25, -0.2) is 0 Å². The molecule has 5 rings (SSSR count). The van der Waals surface area contributed by atoms with Gasteiger partial charge in [0.15, 0.2) is 5.69 Å². The number of H-pyrrole nitrogens is 1. The number of aromatic amines is 1. The van der Waals surface area contributed by atoms with Gasteiger partial charge in [-0.05, 0) is 60.0 Å². The van der Waals surface area contributed by atoms with Gasteiger partial charge in [0.25, 0.3) is 5.91 Å². The molecule has 150 valence electrons. The van der Waals surface area contributed by atoms with Crippen molar-refractivity contribution in [3.05, 3.63) is 90.9 Å². The van der Waals surface area contributed by atoms with Crippen molar-refractivity contribution in [1.29, 1.82) is 0 Å². The van der Waals surface area contributed by atoms with Crippen molar-refractivity contribution < 1.29 is 4.79 Å². The molecule has 0 saturated heterocycles. The smallest absolute Gasteiger partial charge is 0.276 e. The highest BCUT2D eigenvalue weighted by Gasteiger charge is 2.16. The minimum absolute atomic E-state index is 0.282. The molecular formula is C24H18N6O. The summed E-state index contributed by atoms with van der Waals surface area (Å²) < 4.78 is 0. The number of aromatic nitrogens is 5. The van der Waals surface area contributed by atoms with Gasteiger partial charge in [-0.15, -0.1) is 0 Å². The van der Waals surface area contributed by atoms with Gasteiger partial charge in [0.05, 0.1) is 5.52 Å². The normalized spacial score (nSPS) is 10.9. The molecule has 0 fully saturated rings. The molecule has 7 heteroatoms. The first-order valence-corrected chi connectivity index (χ1v) is 9.75. The van der Waals surface area contributed by atoms with Gasteiger partial charge in [0, 0.05) is 59.4 Å². The van der Waals surface area contributed by atoms with Gasteiger partial charge < -0.3 is 5.32 Å². The number of fused-ring (bicyclic) bond motifs is 1. The Labute approximate surface area is 178 Å². The van der Waals surface area contributed by atoms with E-state index in [0.717, 1.165) is 38.7 Å². The molecule has 0 radical (unpaired) electrons. The fourth-order valence-electron chi connectivity index (χ4n) is 3.62. The Hall–Kier alpha value is -4.39. The summed E-state index contributed by atoms with van der Waals surface area (Å²) in [6.07, 6.45) is 10.5. The number of pyridine rings is 3. The number of hydrogen-bond donors (Lipinski definition) is 2. The lowest BCUT2D eigenvalue weighted by atomic mass is 9.95. The van der Waals surface area contributed by atoms with Crippen LogP contribution in [0.25, 0.3) is 33.2 Å². The van der Waals surface area contributed by atoms with Gasteiger partial charge in [0.1, 0.15) is 0 Å². The summed E-state index contributed by atoms with van der Waals surface area (Å²) in [5.74, 6) is -0.282. The Morgan fingerprint density at radius 2 is 1.52 bits per heavy atom. The standard InChI is InChI=1S/C24H18N6O/c1-15-20(16-4-8-25-9-5-16)13-27-14-21(15)17-2-3-22-19(12-17)23(30-29-22)24(31)28-18-6-10-26-11-7-18/h2-14H,1H3,(H,29,30)(H,26,28,31). The fraction of sp³-hybridized carbons (Fsp3) is 0.0417.